The van der Waals surface area contributed by atoms with Crippen LogP contribution in [0.3, 0.4) is 0 Å². The minimum Gasteiger partial charge on any atom is -0.870 e. The molecule has 20 N–H and O–H groups in total. The monoisotopic (exact) mass is 1670 g/mol. The van der Waals surface area contributed by atoms with E-state index in [1.807, 2.05) is 0 Å². The molecule has 0 heterocycles. The van der Waals surface area contributed by atoms with Crippen molar-refractivity contribution < 1.29 is 181 Å². The largest absolute Gasteiger partial charge is 4.00 e. The van der Waals surface area contributed by atoms with Gasteiger partial charge in [0.1, 0.15) is 0 Å². The Hall–Kier alpha value is -1.05. The predicted octanol–water partition coefficient (Wildman–Crippen LogP) is -6.54. The second kappa shape index (κ2) is 170. The zero-order valence-corrected chi connectivity index (χ0v) is 36.0. The van der Waals surface area contributed by atoms with Crippen molar-refractivity contribution in [2.24, 2.45) is 45.9 Å². The fourth-order valence-electron chi connectivity index (χ4n) is 0. The van der Waals surface area contributed by atoms with E-state index in [2.05, 4.69) is 0 Å². The quantitative estimate of drug-likeness (QED) is 0.0737. The molecule has 0 saturated carbocycles. The van der Waals surface area contributed by atoms with Gasteiger partial charge in [0.25, 0.3) is 0 Å². The van der Waals surface area contributed by atoms with E-state index in [9.17, 15) is 0 Å². The summed E-state index contributed by atoms with van der Waals surface area (Å²) in [5.74, 6) is 0. The SMILES string of the molecule is NCCN.NCCN.NCCN.NCCN.O=[N+]([O-])[O-].O=[N+]([O-])[O-].O=[N+]([O-])[O-].O=[N+]([O-])[O-].O=[N+]([O-])[O-].O=[N+]([O-])[O-].[Ag+].[Ag+].[OH-].[OH-].[OH-].[OH-].[Pt+4].[Pt+4].[Pt+4].[Pt+4]. The number of nitrogens with zero attached hydrogens (tertiary/aromatic N) is 6. The predicted molar refractivity (Wildman–Crippen MR) is 142 cm³/mol. The Bertz CT molecular complexity index is 412. The van der Waals surface area contributed by atoms with Gasteiger partial charge in [-0.3, -0.25) is 0 Å². The van der Waals surface area contributed by atoms with Crippen LogP contribution in [0.25, 0.3) is 0 Å². The van der Waals surface area contributed by atoms with Crippen LogP contribution in [-0.2, 0) is 129 Å². The minimum absolute atomic E-state index is 0. The molecule has 324 valence electrons. The maximum atomic E-state index is 8.25. The topological polar surface area (TPSA) is 725 Å². The van der Waals surface area contributed by atoms with E-state index in [4.69, 9.17) is 138 Å². The van der Waals surface area contributed by atoms with Crippen LogP contribution >= 0.6 is 0 Å². The molecule has 0 radical (unpaired) electrons. The molecule has 36 nitrogen and oxygen atoms in total. The average molecular weight is 1680 g/mol. The molecule has 50 heavy (non-hydrogen) atoms. The Morgan fingerprint density at radius 2 is 0.280 bits per heavy atom. The van der Waals surface area contributed by atoms with Gasteiger partial charge in [-0.15, -0.1) is 0 Å². The van der Waals surface area contributed by atoms with Crippen molar-refractivity contribution in [3.63, 3.8) is 0 Å². The van der Waals surface area contributed by atoms with E-state index in [-0.39, 0.29) is 151 Å². The molecule has 0 amide bonds. The van der Waals surface area contributed by atoms with E-state index in [1.165, 1.54) is 0 Å². The van der Waals surface area contributed by atoms with Gasteiger partial charge in [0.05, 0.1) is 30.5 Å². The van der Waals surface area contributed by atoms with Crippen LogP contribution in [-0.4, -0.2) is 105 Å². The first kappa shape index (κ1) is 134. The van der Waals surface area contributed by atoms with Crippen LogP contribution in [0.5, 0.6) is 0 Å². The third-order valence-electron chi connectivity index (χ3n) is 0.667. The molecular weight excluding hydrogens is 1640 g/mol. The molecule has 0 bridgehead atoms. The molecular formula is C8H36Ag2N14O22Pt4+8. The van der Waals surface area contributed by atoms with E-state index in [0.29, 0.717) is 52.4 Å². The number of hydrogen-bond acceptors (Lipinski definition) is 30. The smallest absolute Gasteiger partial charge is 0.870 e. The van der Waals surface area contributed by atoms with Crippen LogP contribution in [0.15, 0.2) is 0 Å². The van der Waals surface area contributed by atoms with Gasteiger partial charge in [-0.05, 0) is 0 Å². The molecule has 0 unspecified atom stereocenters. The van der Waals surface area contributed by atoms with Gasteiger partial charge in [-0.1, -0.05) is 0 Å². The van der Waals surface area contributed by atoms with Gasteiger partial charge < -0.3 is 160 Å². The van der Waals surface area contributed by atoms with E-state index < -0.39 is 30.5 Å². The molecule has 0 spiro atoms. The molecule has 0 fully saturated rings. The maximum absolute atomic E-state index is 8.25. The maximum Gasteiger partial charge on any atom is 4.00 e. The van der Waals surface area contributed by atoms with Crippen molar-refractivity contribution in [3.8, 4) is 0 Å². The zero-order valence-electron chi connectivity index (χ0n) is 24.0. The summed E-state index contributed by atoms with van der Waals surface area (Å²) in [6, 6.07) is 0. The van der Waals surface area contributed by atoms with Crippen LogP contribution in [0.4, 0.5) is 0 Å². The number of hydrogen-bond donors (Lipinski definition) is 8. The molecule has 0 atom stereocenters. The van der Waals surface area contributed by atoms with E-state index >= 15 is 0 Å². The summed E-state index contributed by atoms with van der Waals surface area (Å²) < 4.78 is 0. The average Bonchev–Trinajstić information content (AvgIpc) is 2.77. The summed E-state index contributed by atoms with van der Waals surface area (Å²) in [7, 11) is 0. The van der Waals surface area contributed by atoms with Gasteiger partial charge in [-0.2, -0.15) is 0 Å². The van der Waals surface area contributed by atoms with Gasteiger partial charge in [-0.25, -0.2) is 0 Å². The first-order valence-electron chi connectivity index (χ1n) is 8.55. The zero-order chi connectivity index (χ0) is 35.1. The summed E-state index contributed by atoms with van der Waals surface area (Å²) in [6.07, 6.45) is 0. The Kier molecular flexibility index (Phi) is 456. The third kappa shape index (κ3) is 11400. The van der Waals surface area contributed by atoms with Gasteiger partial charge in [0, 0.05) is 52.4 Å². The molecule has 0 aromatic heterocycles. The van der Waals surface area contributed by atoms with Gasteiger partial charge in [0.2, 0.25) is 0 Å². The first-order valence-corrected chi connectivity index (χ1v) is 8.55. The molecule has 0 aromatic carbocycles. The fraction of sp³-hybridized carbons (Fsp3) is 1.00. The summed E-state index contributed by atoms with van der Waals surface area (Å²) in [5, 5.41) is 88.5. The third-order valence-corrected chi connectivity index (χ3v) is 0.667. The van der Waals surface area contributed by atoms with Crippen molar-refractivity contribution in [2.45, 2.75) is 0 Å². The Morgan fingerprint density at radius 3 is 0.280 bits per heavy atom. The number of nitrogens with two attached hydrogens (primary N) is 8. The Morgan fingerprint density at radius 1 is 0.260 bits per heavy atom. The van der Waals surface area contributed by atoms with Gasteiger partial charge >= 0.3 is 129 Å². The van der Waals surface area contributed by atoms with Crippen LogP contribution in [0.2, 0.25) is 0 Å². The molecule has 0 aliphatic carbocycles. The van der Waals surface area contributed by atoms with E-state index in [1.54, 1.807) is 0 Å². The normalized spacial score (nSPS) is 5.28. The Balaban J connectivity index is -0.0000000109. The molecule has 42 heteroatoms. The van der Waals surface area contributed by atoms with Crippen molar-refractivity contribution >= 4 is 0 Å². The van der Waals surface area contributed by atoms with Crippen LogP contribution in [0, 0.1) is 91.9 Å². The first-order chi connectivity index (χ1) is 18.0. The van der Waals surface area contributed by atoms with Crippen molar-refractivity contribution in [3.05, 3.63) is 91.9 Å². The molecule has 0 aliphatic rings. The summed E-state index contributed by atoms with van der Waals surface area (Å²) in [5.41, 5.74) is 39.2. The second-order valence-electron chi connectivity index (χ2n) is 3.65. The van der Waals surface area contributed by atoms with Crippen molar-refractivity contribution in [1.82, 2.24) is 0 Å². The molecule has 0 saturated heterocycles. The summed E-state index contributed by atoms with van der Waals surface area (Å²) in [6.45, 7) is 4.78. The van der Waals surface area contributed by atoms with Crippen molar-refractivity contribution in [1.29, 1.82) is 0 Å². The standard InChI is InChI=1S/4C2H8N2.2Ag.6NO3.4H2O.4Pt/c4*3-1-2-4;;;6*2-1(3)4;;;;;;;;/h4*1-4H2;;;;;;;;;4*1H2;;;;/q;;;;2*+1;6*-1;;;;;4*+4/p-4. The summed E-state index contributed by atoms with van der Waals surface area (Å²) in [4.78, 5) is 49.5. The number of rotatable bonds is 4. The van der Waals surface area contributed by atoms with Crippen LogP contribution < -0.4 is 45.9 Å². The Labute approximate surface area is 368 Å². The van der Waals surface area contributed by atoms with Crippen LogP contribution in [0.1, 0.15) is 0 Å². The molecule has 0 aliphatic heterocycles. The van der Waals surface area contributed by atoms with E-state index in [0.717, 1.165) is 0 Å². The van der Waals surface area contributed by atoms with Gasteiger partial charge in [0.15, 0.2) is 0 Å². The molecule has 0 rings (SSSR count). The fourth-order valence-corrected chi connectivity index (χ4v) is 0. The summed E-state index contributed by atoms with van der Waals surface area (Å²) >= 11 is 0. The minimum atomic E-state index is -1.75. The molecule has 0 aromatic rings. The van der Waals surface area contributed by atoms with Crippen molar-refractivity contribution in [2.75, 3.05) is 52.4 Å². The second-order valence-corrected chi connectivity index (χ2v) is 3.65.